The number of nitrogens with zero attached hydrogens (tertiary/aromatic N) is 4. The molecule has 1 N–H and O–H groups in total. The van der Waals surface area contributed by atoms with Crippen LogP contribution in [-0.4, -0.2) is 63.0 Å². The number of nitrogens with one attached hydrogen (secondary N) is 1. The van der Waals surface area contributed by atoms with Crippen LogP contribution in [0.3, 0.4) is 0 Å². The number of rotatable bonds is 5. The van der Waals surface area contributed by atoms with Crippen LogP contribution in [0.4, 0.5) is 11.6 Å². The number of pyridine rings is 1. The Balaban J connectivity index is 1.87. The fraction of sp³-hybridized carbons (Fsp3) is 0.353. The molecule has 1 aliphatic heterocycles. The third kappa shape index (κ3) is 4.29. The van der Waals surface area contributed by atoms with Crippen molar-refractivity contribution in [3.05, 3.63) is 22.1 Å². The van der Waals surface area contributed by atoms with Crippen LogP contribution >= 0.6 is 27.3 Å². The summed E-state index contributed by atoms with van der Waals surface area (Å²) in [5.41, 5.74) is 2.39. The highest BCUT2D eigenvalue weighted by molar-refractivity contribution is 9.10. The third-order valence-corrected chi connectivity index (χ3v) is 6.74. The van der Waals surface area contributed by atoms with E-state index in [1.54, 1.807) is 12.3 Å². The van der Waals surface area contributed by atoms with E-state index in [0.717, 1.165) is 20.9 Å². The molecule has 0 aromatic carbocycles. The Morgan fingerprint density at radius 1 is 1.31 bits per heavy atom. The van der Waals surface area contributed by atoms with Gasteiger partial charge in [-0.3, -0.25) is 4.72 Å². The fourth-order valence-corrected chi connectivity index (χ4v) is 5.12. The van der Waals surface area contributed by atoms with E-state index < -0.39 is 10.0 Å². The molecule has 1 saturated heterocycles. The number of ether oxygens (including phenoxy) is 2. The lowest BCUT2D eigenvalue weighted by Gasteiger charge is -2.27. The van der Waals surface area contributed by atoms with E-state index in [4.69, 9.17) is 19.4 Å². The van der Waals surface area contributed by atoms with E-state index in [1.807, 2.05) is 5.38 Å². The van der Waals surface area contributed by atoms with Crippen molar-refractivity contribution in [2.45, 2.75) is 0 Å². The molecule has 1 fully saturated rings. The molecule has 0 saturated carbocycles. The molecule has 0 amide bonds. The van der Waals surface area contributed by atoms with Gasteiger partial charge in [-0.05, 0) is 22.0 Å². The highest BCUT2D eigenvalue weighted by Gasteiger charge is 2.21. The van der Waals surface area contributed by atoms with Gasteiger partial charge in [0.2, 0.25) is 21.9 Å². The zero-order valence-corrected chi connectivity index (χ0v) is 18.9. The average Bonchev–Trinajstić information content (AvgIpc) is 3.08. The molecule has 29 heavy (non-hydrogen) atoms. The molecule has 4 heterocycles. The maximum absolute atomic E-state index is 11.8. The van der Waals surface area contributed by atoms with Gasteiger partial charge < -0.3 is 14.4 Å². The molecule has 154 valence electrons. The van der Waals surface area contributed by atoms with Gasteiger partial charge in [0.25, 0.3) is 0 Å². The molecular weight excluding hydrogens is 482 g/mol. The van der Waals surface area contributed by atoms with Crippen LogP contribution in [0.1, 0.15) is 0 Å². The van der Waals surface area contributed by atoms with E-state index in [1.165, 1.54) is 18.4 Å². The van der Waals surface area contributed by atoms with Crippen molar-refractivity contribution in [2.75, 3.05) is 49.3 Å². The lowest BCUT2D eigenvalue weighted by molar-refractivity contribution is 0.122. The van der Waals surface area contributed by atoms with Gasteiger partial charge in [0, 0.05) is 30.2 Å². The van der Waals surface area contributed by atoms with Gasteiger partial charge in [-0.25, -0.2) is 23.4 Å². The van der Waals surface area contributed by atoms with Crippen molar-refractivity contribution in [1.82, 2.24) is 15.0 Å². The van der Waals surface area contributed by atoms with E-state index in [9.17, 15) is 8.42 Å². The van der Waals surface area contributed by atoms with E-state index in [0.29, 0.717) is 43.5 Å². The highest BCUT2D eigenvalue weighted by Crippen LogP contribution is 2.38. The van der Waals surface area contributed by atoms with Gasteiger partial charge in [0.05, 0.1) is 41.4 Å². The summed E-state index contributed by atoms with van der Waals surface area (Å²) in [6.07, 6.45) is 2.69. The Morgan fingerprint density at radius 2 is 2.07 bits per heavy atom. The van der Waals surface area contributed by atoms with Crippen molar-refractivity contribution < 1.29 is 17.9 Å². The Bertz CT molecular complexity index is 1160. The number of sulfonamides is 1. The number of methoxy groups -OCH3 is 1. The number of fused-ring (bicyclic) bond motifs is 1. The number of aromatic nitrogens is 3. The first-order valence-corrected chi connectivity index (χ1v) is 12.2. The topological polar surface area (TPSA) is 107 Å². The Kier molecular flexibility index (Phi) is 5.60. The summed E-state index contributed by atoms with van der Waals surface area (Å²) in [5.74, 6) is 0.786. The lowest BCUT2D eigenvalue weighted by atomic mass is 10.2. The standard InChI is InChI=1S/C17H18BrN5O4S2/c1-26-16-12(22-29(2,24)25)7-10(8-19-16)13-15-14(11(18)9-28-15)21-17(20-13)23-3-5-27-6-4-23/h7-9,22H,3-6H2,1-2H3. The third-order valence-electron chi connectivity index (χ3n) is 4.27. The molecule has 0 bridgehead atoms. The largest absolute Gasteiger partial charge is 0.480 e. The predicted octanol–water partition coefficient (Wildman–Crippen LogP) is 2.73. The first-order valence-electron chi connectivity index (χ1n) is 8.65. The van der Waals surface area contributed by atoms with Gasteiger partial charge in [-0.1, -0.05) is 0 Å². The SMILES string of the molecule is COc1ncc(-c2nc(N3CCOCC3)nc3c(Br)csc23)cc1NS(C)(=O)=O. The van der Waals surface area contributed by atoms with Crippen molar-refractivity contribution in [2.24, 2.45) is 0 Å². The molecule has 3 aromatic heterocycles. The van der Waals surface area contributed by atoms with Gasteiger partial charge in [-0.2, -0.15) is 0 Å². The maximum Gasteiger partial charge on any atom is 0.238 e. The summed E-state index contributed by atoms with van der Waals surface area (Å²) >= 11 is 5.07. The Labute approximate surface area is 180 Å². The zero-order chi connectivity index (χ0) is 20.6. The molecular formula is C17H18BrN5O4S2. The average molecular weight is 500 g/mol. The number of hydrogen-bond acceptors (Lipinski definition) is 9. The molecule has 0 unspecified atom stereocenters. The van der Waals surface area contributed by atoms with Gasteiger partial charge in [0.1, 0.15) is 11.2 Å². The second-order valence-corrected chi connectivity index (χ2v) is 9.87. The first-order chi connectivity index (χ1) is 13.9. The van der Waals surface area contributed by atoms with Crippen LogP contribution in [0.2, 0.25) is 0 Å². The first kappa shape index (κ1) is 20.3. The molecule has 0 atom stereocenters. The second kappa shape index (κ2) is 8.01. The minimum atomic E-state index is -3.50. The summed E-state index contributed by atoms with van der Waals surface area (Å²) in [7, 11) is -2.07. The van der Waals surface area contributed by atoms with Crippen LogP contribution in [-0.2, 0) is 14.8 Å². The van der Waals surface area contributed by atoms with Crippen molar-refractivity contribution >= 4 is 59.1 Å². The summed E-state index contributed by atoms with van der Waals surface area (Å²) in [5, 5.41) is 1.96. The summed E-state index contributed by atoms with van der Waals surface area (Å²) in [6, 6.07) is 1.67. The molecule has 0 radical (unpaired) electrons. The van der Waals surface area contributed by atoms with Crippen molar-refractivity contribution in [3.8, 4) is 17.1 Å². The van der Waals surface area contributed by atoms with Gasteiger partial charge in [0.15, 0.2) is 0 Å². The molecule has 12 heteroatoms. The van der Waals surface area contributed by atoms with E-state index >= 15 is 0 Å². The maximum atomic E-state index is 11.8. The minimum Gasteiger partial charge on any atom is -0.480 e. The van der Waals surface area contributed by atoms with E-state index in [-0.39, 0.29) is 11.6 Å². The zero-order valence-electron chi connectivity index (χ0n) is 15.7. The smallest absolute Gasteiger partial charge is 0.238 e. The Hall–Kier alpha value is -2.02. The van der Waals surface area contributed by atoms with E-state index in [2.05, 4.69) is 30.5 Å². The normalized spacial score (nSPS) is 14.9. The molecule has 4 rings (SSSR count). The number of anilines is 2. The quantitative estimate of drug-likeness (QED) is 0.570. The van der Waals surface area contributed by atoms with Gasteiger partial charge in [-0.15, -0.1) is 11.3 Å². The van der Waals surface area contributed by atoms with Crippen molar-refractivity contribution in [3.63, 3.8) is 0 Å². The van der Waals surface area contributed by atoms with Gasteiger partial charge >= 0.3 is 0 Å². The van der Waals surface area contributed by atoms with Crippen LogP contribution in [0.5, 0.6) is 5.88 Å². The molecule has 1 aliphatic rings. The monoisotopic (exact) mass is 499 g/mol. The van der Waals surface area contributed by atoms with Crippen LogP contribution in [0, 0.1) is 0 Å². The Morgan fingerprint density at radius 3 is 2.76 bits per heavy atom. The van der Waals surface area contributed by atoms with Crippen molar-refractivity contribution in [1.29, 1.82) is 0 Å². The summed E-state index contributed by atoms with van der Waals surface area (Å²) < 4.78 is 38.3. The van der Waals surface area contributed by atoms with Crippen LogP contribution in [0.25, 0.3) is 21.5 Å². The summed E-state index contributed by atoms with van der Waals surface area (Å²) in [6.45, 7) is 2.64. The number of halogens is 1. The molecule has 0 aliphatic carbocycles. The summed E-state index contributed by atoms with van der Waals surface area (Å²) in [4.78, 5) is 15.9. The second-order valence-electron chi connectivity index (χ2n) is 6.39. The number of hydrogen-bond donors (Lipinski definition) is 1. The molecule has 0 spiro atoms. The molecule has 3 aromatic rings. The van der Waals surface area contributed by atoms with Crippen LogP contribution < -0.4 is 14.4 Å². The highest BCUT2D eigenvalue weighted by atomic mass is 79.9. The fourth-order valence-electron chi connectivity index (χ4n) is 3.00. The predicted molar refractivity (Wildman–Crippen MR) is 116 cm³/mol. The molecule has 9 nitrogen and oxygen atoms in total. The number of morpholine rings is 1. The minimum absolute atomic E-state index is 0.185. The number of thiophene rings is 1. The lowest BCUT2D eigenvalue weighted by Crippen LogP contribution is -2.37. The van der Waals surface area contributed by atoms with Crippen LogP contribution in [0.15, 0.2) is 22.1 Å².